The van der Waals surface area contributed by atoms with Gasteiger partial charge in [0, 0.05) is 13.1 Å². The highest BCUT2D eigenvalue weighted by molar-refractivity contribution is 5.99. The van der Waals surface area contributed by atoms with Crippen LogP contribution in [0.4, 0.5) is 23.2 Å². The maximum atomic E-state index is 13.3. The highest BCUT2D eigenvalue weighted by Gasteiger charge is 2.41. The molecule has 2 rings (SSSR count). The third kappa shape index (κ3) is 2.86. The Labute approximate surface area is 113 Å². The summed E-state index contributed by atoms with van der Waals surface area (Å²) in [6, 6.07) is 3.85. The molecule has 0 bridgehead atoms. The number of carbonyl (C=O) groups excluding carboxylic acids is 1. The molecule has 110 valence electrons. The number of nitrogens with two attached hydrogens (primary N) is 1. The Morgan fingerprint density at radius 1 is 1.25 bits per heavy atom. The van der Waals surface area contributed by atoms with Gasteiger partial charge in [0.05, 0.1) is 17.2 Å². The van der Waals surface area contributed by atoms with Crippen LogP contribution in [0.2, 0.25) is 0 Å². The molecule has 3 nitrogen and oxygen atoms in total. The fourth-order valence-corrected chi connectivity index (χ4v) is 2.30. The first-order chi connectivity index (χ1) is 9.30. The van der Waals surface area contributed by atoms with Crippen LogP contribution >= 0.6 is 0 Å². The first-order valence-corrected chi connectivity index (χ1v) is 6.20. The lowest BCUT2D eigenvalue weighted by atomic mass is 9.95. The van der Waals surface area contributed by atoms with Gasteiger partial charge in [0.1, 0.15) is 5.82 Å². The van der Waals surface area contributed by atoms with Crippen LogP contribution in [0, 0.1) is 11.7 Å². The number of rotatable bonds is 1. The van der Waals surface area contributed by atoms with Gasteiger partial charge in [-0.1, -0.05) is 6.07 Å². The summed E-state index contributed by atoms with van der Waals surface area (Å²) in [5.74, 6) is -2.61. The Hall–Kier alpha value is -1.79. The van der Waals surface area contributed by atoms with Crippen molar-refractivity contribution in [1.82, 2.24) is 4.90 Å². The van der Waals surface area contributed by atoms with Crippen molar-refractivity contribution in [3.8, 4) is 0 Å². The lowest BCUT2D eigenvalue weighted by molar-refractivity contribution is -0.183. The van der Waals surface area contributed by atoms with Crippen LogP contribution in [0.3, 0.4) is 0 Å². The van der Waals surface area contributed by atoms with Gasteiger partial charge in [-0.2, -0.15) is 13.2 Å². The minimum Gasteiger partial charge on any atom is -0.396 e. The molecule has 0 spiro atoms. The van der Waals surface area contributed by atoms with Gasteiger partial charge in [-0.05, 0) is 25.0 Å². The van der Waals surface area contributed by atoms with E-state index < -0.39 is 23.8 Å². The normalized spacial score (nSPS) is 17.3. The number of nitrogen functional groups attached to an aromatic ring is 1. The van der Waals surface area contributed by atoms with Crippen molar-refractivity contribution in [1.29, 1.82) is 0 Å². The van der Waals surface area contributed by atoms with Crippen LogP contribution in [-0.2, 0) is 0 Å². The smallest absolute Gasteiger partial charge is 0.391 e. The molecule has 1 aromatic rings. The number of benzene rings is 1. The van der Waals surface area contributed by atoms with Crippen molar-refractivity contribution in [2.45, 2.75) is 19.0 Å². The second-order valence-corrected chi connectivity index (χ2v) is 4.81. The Kier molecular flexibility index (Phi) is 3.87. The quantitative estimate of drug-likeness (QED) is 0.638. The molecule has 7 heteroatoms. The van der Waals surface area contributed by atoms with Crippen molar-refractivity contribution >= 4 is 11.6 Å². The molecule has 0 atom stereocenters. The van der Waals surface area contributed by atoms with Gasteiger partial charge < -0.3 is 10.6 Å². The lowest BCUT2D eigenvalue weighted by Gasteiger charge is -2.33. The number of hydrogen-bond donors (Lipinski definition) is 1. The number of likely N-dealkylation sites (tertiary alicyclic amines) is 1. The molecule has 1 aliphatic heterocycles. The van der Waals surface area contributed by atoms with E-state index in [1.54, 1.807) is 0 Å². The summed E-state index contributed by atoms with van der Waals surface area (Å²) >= 11 is 0. The fourth-order valence-electron chi connectivity index (χ4n) is 2.30. The third-order valence-electron chi connectivity index (χ3n) is 3.53. The molecule has 1 saturated heterocycles. The highest BCUT2D eigenvalue weighted by Crippen LogP contribution is 2.34. The molecule has 1 heterocycles. The second kappa shape index (κ2) is 5.30. The summed E-state index contributed by atoms with van der Waals surface area (Å²) in [5.41, 5.74) is 5.21. The van der Waals surface area contributed by atoms with Crippen LogP contribution in [0.5, 0.6) is 0 Å². The molecular weight excluding hydrogens is 276 g/mol. The fraction of sp³-hybridized carbons (Fsp3) is 0.462. The topological polar surface area (TPSA) is 46.3 Å². The second-order valence-electron chi connectivity index (χ2n) is 4.81. The number of amides is 1. The number of carbonyl (C=O) groups is 1. The van der Waals surface area contributed by atoms with E-state index in [2.05, 4.69) is 0 Å². The molecule has 1 fully saturated rings. The number of para-hydroxylation sites is 1. The molecule has 1 aliphatic rings. The number of halogens is 4. The van der Waals surface area contributed by atoms with Gasteiger partial charge in [0.15, 0.2) is 0 Å². The van der Waals surface area contributed by atoms with E-state index in [1.165, 1.54) is 17.0 Å². The maximum absolute atomic E-state index is 13.3. The average Bonchev–Trinajstić information content (AvgIpc) is 2.40. The Morgan fingerprint density at radius 3 is 2.40 bits per heavy atom. The van der Waals surface area contributed by atoms with E-state index >= 15 is 0 Å². The molecule has 0 radical (unpaired) electrons. The van der Waals surface area contributed by atoms with Gasteiger partial charge >= 0.3 is 6.18 Å². The van der Waals surface area contributed by atoms with Crippen molar-refractivity contribution in [3.05, 3.63) is 29.6 Å². The Morgan fingerprint density at radius 2 is 1.85 bits per heavy atom. The van der Waals surface area contributed by atoms with Crippen LogP contribution in [0.15, 0.2) is 18.2 Å². The van der Waals surface area contributed by atoms with Gasteiger partial charge in [-0.25, -0.2) is 4.39 Å². The number of nitrogens with zero attached hydrogens (tertiary/aromatic N) is 1. The molecule has 2 N–H and O–H groups in total. The first-order valence-electron chi connectivity index (χ1n) is 6.20. The summed E-state index contributed by atoms with van der Waals surface area (Å²) in [7, 11) is 0. The standard InChI is InChI=1S/C13H14F4N2O/c14-10-3-1-2-9(11(10)18)12(20)19-6-4-8(5-7-19)13(15,16)17/h1-3,8H,4-7,18H2. The van der Waals surface area contributed by atoms with E-state index in [4.69, 9.17) is 5.73 Å². The molecule has 0 aliphatic carbocycles. The van der Waals surface area contributed by atoms with Crippen molar-refractivity contribution < 1.29 is 22.4 Å². The summed E-state index contributed by atoms with van der Waals surface area (Å²) in [4.78, 5) is 13.4. The van der Waals surface area contributed by atoms with E-state index in [1.807, 2.05) is 0 Å². The minimum absolute atomic E-state index is 0.00103. The van der Waals surface area contributed by atoms with Crippen LogP contribution in [0.1, 0.15) is 23.2 Å². The van der Waals surface area contributed by atoms with Crippen molar-refractivity contribution in [2.75, 3.05) is 18.8 Å². The van der Waals surface area contributed by atoms with Crippen molar-refractivity contribution in [3.63, 3.8) is 0 Å². The predicted molar refractivity (Wildman–Crippen MR) is 65.5 cm³/mol. The molecular formula is C13H14F4N2O. The van der Waals surface area contributed by atoms with Crippen molar-refractivity contribution in [2.24, 2.45) is 5.92 Å². The Balaban J connectivity index is 2.07. The number of piperidine rings is 1. The zero-order valence-electron chi connectivity index (χ0n) is 10.6. The van der Waals surface area contributed by atoms with Gasteiger partial charge in [0.2, 0.25) is 0 Å². The lowest BCUT2D eigenvalue weighted by Crippen LogP contribution is -2.42. The Bertz CT molecular complexity index is 508. The first kappa shape index (κ1) is 14.6. The highest BCUT2D eigenvalue weighted by atomic mass is 19.4. The molecule has 20 heavy (non-hydrogen) atoms. The van der Waals surface area contributed by atoms with E-state index in [-0.39, 0.29) is 37.2 Å². The van der Waals surface area contributed by atoms with Gasteiger partial charge in [0.25, 0.3) is 5.91 Å². The summed E-state index contributed by atoms with van der Waals surface area (Å²) in [6.45, 7) is -0.00206. The predicted octanol–water partition coefficient (Wildman–Crippen LogP) is 2.82. The molecule has 0 saturated carbocycles. The molecule has 0 aromatic heterocycles. The zero-order valence-corrected chi connectivity index (χ0v) is 10.6. The summed E-state index contributed by atoms with van der Waals surface area (Å²) in [5, 5.41) is 0. The van der Waals surface area contributed by atoms with Crippen LogP contribution < -0.4 is 5.73 Å². The van der Waals surface area contributed by atoms with E-state index in [9.17, 15) is 22.4 Å². The number of alkyl halides is 3. The van der Waals surface area contributed by atoms with Crippen LogP contribution in [-0.4, -0.2) is 30.1 Å². The SMILES string of the molecule is Nc1c(F)cccc1C(=O)N1CCC(C(F)(F)F)CC1. The van der Waals surface area contributed by atoms with E-state index in [0.29, 0.717) is 0 Å². The van der Waals surface area contributed by atoms with Gasteiger partial charge in [-0.3, -0.25) is 4.79 Å². The molecule has 1 amide bonds. The number of hydrogen-bond acceptors (Lipinski definition) is 2. The zero-order chi connectivity index (χ0) is 14.9. The molecule has 0 unspecified atom stereocenters. The summed E-state index contributed by atoms with van der Waals surface area (Å²) < 4.78 is 50.9. The third-order valence-corrected chi connectivity index (χ3v) is 3.53. The largest absolute Gasteiger partial charge is 0.396 e. The summed E-state index contributed by atoms with van der Waals surface area (Å²) in [6.07, 6.45) is -4.50. The number of anilines is 1. The average molecular weight is 290 g/mol. The van der Waals surface area contributed by atoms with Crippen LogP contribution in [0.25, 0.3) is 0 Å². The van der Waals surface area contributed by atoms with E-state index in [0.717, 1.165) is 6.07 Å². The van der Waals surface area contributed by atoms with Gasteiger partial charge in [-0.15, -0.1) is 0 Å². The molecule has 1 aromatic carbocycles. The maximum Gasteiger partial charge on any atom is 0.391 e. The minimum atomic E-state index is -4.23. The monoisotopic (exact) mass is 290 g/mol.